The number of unbranched alkanes of at least 4 members (excludes halogenated alkanes) is 24. The third-order valence-electron chi connectivity index (χ3n) is 11.0. The van der Waals surface area contributed by atoms with E-state index < -0.39 is 20.0 Å². The number of hydrogen-bond acceptors (Lipinski definition) is 6. The average Bonchev–Trinajstić information content (AvgIpc) is 3.14. The van der Waals surface area contributed by atoms with Crippen molar-refractivity contribution in [3.05, 3.63) is 0 Å². The summed E-state index contributed by atoms with van der Waals surface area (Å²) in [4.78, 5) is 2.35. The Kier molecular flexibility index (Phi) is 38.1. The highest BCUT2D eigenvalue weighted by Gasteiger charge is 2.22. The Balaban J connectivity index is 4.40. The highest BCUT2D eigenvalue weighted by atomic mass is 32.2. The lowest BCUT2D eigenvalue weighted by Crippen LogP contribution is -2.35. The number of sulfonamides is 2. The Hall–Kier alpha value is -0.260. The van der Waals surface area contributed by atoms with Crippen molar-refractivity contribution in [2.24, 2.45) is 0 Å². The van der Waals surface area contributed by atoms with Crippen LogP contribution in [0, 0.1) is 0 Å². The SMILES string of the molecule is CCCCCCCCN(CCCCCC)S(=O)(=O)CCCCCCCN(CCO)CCCCCCCS(=O)(=O)N(CCCCCC)CCCCCCCC. The van der Waals surface area contributed by atoms with Crippen molar-refractivity contribution in [2.75, 3.05) is 63.9 Å². The quantitative estimate of drug-likeness (QED) is 0.0616. The number of hydrogen-bond donors (Lipinski definition) is 1. The van der Waals surface area contributed by atoms with Gasteiger partial charge in [0.1, 0.15) is 0 Å². The van der Waals surface area contributed by atoms with Gasteiger partial charge in [-0.1, -0.05) is 169 Å². The molecule has 326 valence electrons. The summed E-state index contributed by atoms with van der Waals surface area (Å²) in [6.07, 6.45) is 32.7. The molecule has 0 radical (unpaired) electrons. The van der Waals surface area contributed by atoms with Crippen molar-refractivity contribution in [1.29, 1.82) is 0 Å². The second-order valence-electron chi connectivity index (χ2n) is 16.2. The van der Waals surface area contributed by atoms with Gasteiger partial charge in [0, 0.05) is 32.7 Å². The Bertz CT molecular complexity index is 920. The van der Waals surface area contributed by atoms with Gasteiger partial charge in [0.05, 0.1) is 18.1 Å². The summed E-state index contributed by atoms with van der Waals surface area (Å²) in [6, 6.07) is 0. The molecule has 0 atom stereocenters. The average molecular weight is 808 g/mol. The van der Waals surface area contributed by atoms with Crippen molar-refractivity contribution in [1.82, 2.24) is 13.5 Å². The molecule has 0 unspecified atom stereocenters. The van der Waals surface area contributed by atoms with Gasteiger partial charge in [0.25, 0.3) is 0 Å². The number of nitrogens with zero attached hydrogens (tertiary/aromatic N) is 3. The van der Waals surface area contributed by atoms with Crippen LogP contribution in [-0.4, -0.2) is 99.4 Å². The molecule has 0 aromatic rings. The number of rotatable bonds is 44. The van der Waals surface area contributed by atoms with Gasteiger partial charge in [-0.05, 0) is 64.5 Å². The molecule has 0 aromatic carbocycles. The Morgan fingerprint density at radius 1 is 0.315 bits per heavy atom. The first-order chi connectivity index (χ1) is 26.2. The van der Waals surface area contributed by atoms with Crippen LogP contribution in [0.2, 0.25) is 0 Å². The molecule has 0 saturated heterocycles. The van der Waals surface area contributed by atoms with Gasteiger partial charge in [0.2, 0.25) is 20.0 Å². The summed E-state index contributed by atoms with van der Waals surface area (Å²) in [5, 5.41) is 9.63. The van der Waals surface area contributed by atoms with Gasteiger partial charge >= 0.3 is 0 Å². The summed E-state index contributed by atoms with van der Waals surface area (Å²) in [5.74, 6) is 0.547. The molecule has 0 bridgehead atoms. The molecule has 0 saturated carbocycles. The van der Waals surface area contributed by atoms with Crippen molar-refractivity contribution in [3.8, 4) is 0 Å². The van der Waals surface area contributed by atoms with E-state index in [2.05, 4.69) is 32.6 Å². The molecular formula is C44H93N3O5S2. The van der Waals surface area contributed by atoms with Crippen LogP contribution in [0.15, 0.2) is 0 Å². The third-order valence-corrected chi connectivity index (χ3v) is 14.9. The van der Waals surface area contributed by atoms with Crippen molar-refractivity contribution in [2.45, 2.75) is 220 Å². The van der Waals surface area contributed by atoms with E-state index in [4.69, 9.17) is 0 Å². The van der Waals surface area contributed by atoms with Gasteiger partial charge < -0.3 is 10.0 Å². The van der Waals surface area contributed by atoms with Crippen LogP contribution in [0.1, 0.15) is 220 Å². The van der Waals surface area contributed by atoms with Crippen LogP contribution >= 0.6 is 0 Å². The molecule has 10 heteroatoms. The number of aliphatic hydroxyl groups is 1. The molecule has 0 aliphatic carbocycles. The lowest BCUT2D eigenvalue weighted by atomic mass is 10.1. The Labute approximate surface area is 338 Å². The highest BCUT2D eigenvalue weighted by Crippen LogP contribution is 2.16. The lowest BCUT2D eigenvalue weighted by molar-refractivity contribution is 0.190. The molecule has 1 N–H and O–H groups in total. The molecule has 0 aliphatic rings. The molecule has 0 heterocycles. The third kappa shape index (κ3) is 31.8. The summed E-state index contributed by atoms with van der Waals surface area (Å²) in [7, 11) is -6.40. The molecule has 8 nitrogen and oxygen atoms in total. The van der Waals surface area contributed by atoms with Gasteiger partial charge in [0.15, 0.2) is 0 Å². The second kappa shape index (κ2) is 38.3. The van der Waals surface area contributed by atoms with Crippen LogP contribution in [-0.2, 0) is 20.0 Å². The second-order valence-corrected chi connectivity index (χ2v) is 20.4. The number of aliphatic hydroxyl groups excluding tert-OH is 1. The first-order valence-corrected chi connectivity index (χ1v) is 26.7. The van der Waals surface area contributed by atoms with E-state index in [0.717, 1.165) is 142 Å². The predicted octanol–water partition coefficient (Wildman–Crippen LogP) is 11.3. The zero-order valence-electron chi connectivity index (χ0n) is 36.5. The maximum Gasteiger partial charge on any atom is 0.214 e. The maximum absolute atomic E-state index is 13.3. The zero-order valence-corrected chi connectivity index (χ0v) is 38.2. The van der Waals surface area contributed by atoms with Crippen LogP contribution in [0.4, 0.5) is 0 Å². The molecule has 0 amide bonds. The normalized spacial score (nSPS) is 12.6. The van der Waals surface area contributed by atoms with E-state index in [9.17, 15) is 21.9 Å². The lowest BCUT2D eigenvalue weighted by Gasteiger charge is -2.23. The minimum Gasteiger partial charge on any atom is -0.395 e. The minimum atomic E-state index is -3.20. The summed E-state index contributed by atoms with van der Waals surface area (Å²) in [5.41, 5.74) is 0. The fraction of sp³-hybridized carbons (Fsp3) is 1.00. The van der Waals surface area contributed by atoms with E-state index >= 15 is 0 Å². The van der Waals surface area contributed by atoms with Crippen molar-refractivity contribution >= 4 is 20.0 Å². The molecule has 54 heavy (non-hydrogen) atoms. The van der Waals surface area contributed by atoms with Gasteiger partial charge in [-0.3, -0.25) is 0 Å². The molecule has 0 rings (SSSR count). The molecule has 0 aliphatic heterocycles. The smallest absolute Gasteiger partial charge is 0.214 e. The van der Waals surface area contributed by atoms with Gasteiger partial charge in [-0.2, -0.15) is 0 Å². The molecule has 0 fully saturated rings. The van der Waals surface area contributed by atoms with Gasteiger partial charge in [-0.15, -0.1) is 0 Å². The van der Waals surface area contributed by atoms with Gasteiger partial charge in [-0.25, -0.2) is 25.4 Å². The Morgan fingerprint density at radius 3 is 0.852 bits per heavy atom. The van der Waals surface area contributed by atoms with E-state index in [0.29, 0.717) is 32.7 Å². The standard InChI is InChI=1S/C44H93N3O5S2/c1-5-9-13-17-23-31-39-46(37-29-15-11-7-3)53(49,50)43-33-25-19-21-27-35-45(41-42-48)36-28-22-20-26-34-44-54(51,52)47(38-30-16-12-8-4)40-32-24-18-14-10-6-2/h48H,5-44H2,1-4H3. The molecule has 0 spiro atoms. The van der Waals surface area contributed by atoms with Crippen LogP contribution in [0.25, 0.3) is 0 Å². The molecule has 0 aromatic heterocycles. The predicted molar refractivity (Wildman–Crippen MR) is 235 cm³/mol. The highest BCUT2D eigenvalue weighted by molar-refractivity contribution is 7.89. The van der Waals surface area contributed by atoms with E-state index in [1.54, 1.807) is 8.61 Å². The zero-order chi connectivity index (χ0) is 40.0. The monoisotopic (exact) mass is 808 g/mol. The fourth-order valence-electron chi connectivity index (χ4n) is 7.38. The largest absolute Gasteiger partial charge is 0.395 e. The van der Waals surface area contributed by atoms with Crippen molar-refractivity contribution < 1.29 is 21.9 Å². The first-order valence-electron chi connectivity index (χ1n) is 23.5. The summed E-state index contributed by atoms with van der Waals surface area (Å²) >= 11 is 0. The Morgan fingerprint density at radius 2 is 0.556 bits per heavy atom. The first kappa shape index (κ1) is 53.7. The maximum atomic E-state index is 13.3. The van der Waals surface area contributed by atoms with Crippen molar-refractivity contribution in [3.63, 3.8) is 0 Å². The molecular weight excluding hydrogens is 715 g/mol. The van der Waals surface area contributed by atoms with Crippen LogP contribution in [0.5, 0.6) is 0 Å². The van der Waals surface area contributed by atoms with E-state index in [1.807, 2.05) is 0 Å². The van der Waals surface area contributed by atoms with E-state index in [1.165, 1.54) is 64.2 Å². The van der Waals surface area contributed by atoms with Crippen LogP contribution < -0.4 is 0 Å². The summed E-state index contributed by atoms with van der Waals surface area (Å²) in [6.45, 7) is 14.3. The van der Waals surface area contributed by atoms with Crippen LogP contribution in [0.3, 0.4) is 0 Å². The summed E-state index contributed by atoms with van der Waals surface area (Å²) < 4.78 is 56.6. The minimum absolute atomic E-state index is 0.164. The van der Waals surface area contributed by atoms with E-state index in [-0.39, 0.29) is 18.1 Å². The topological polar surface area (TPSA) is 98.2 Å². The fourth-order valence-corrected chi connectivity index (χ4v) is 10.7.